The third-order valence-electron chi connectivity index (χ3n) is 23.9. The third-order valence-corrected chi connectivity index (χ3v) is 27.5. The summed E-state index contributed by atoms with van der Waals surface area (Å²) in [5.41, 5.74) is -8.34. The smallest absolute Gasteiger partial charge is 0.427 e. The summed E-state index contributed by atoms with van der Waals surface area (Å²) in [5.74, 6) is -8.48. The van der Waals surface area contributed by atoms with Crippen molar-refractivity contribution < 1.29 is 110 Å². The number of hydrogen-bond acceptors (Lipinski definition) is 20. The number of carbonyl (C=O) groups is 8. The average Bonchev–Trinajstić information content (AvgIpc) is 1.57. The van der Waals surface area contributed by atoms with Gasteiger partial charge in [-0.15, -0.1) is 0 Å². The highest BCUT2D eigenvalue weighted by Crippen LogP contribution is 2.59. The number of alkyl halides is 6. The number of fused-ring (bicyclic) bond motifs is 6. The first-order valence-corrected chi connectivity index (χ1v) is 43.4. The van der Waals surface area contributed by atoms with Crippen molar-refractivity contribution in [3.8, 4) is 23.3 Å². The maximum Gasteiger partial charge on any atom is 0.427 e. The van der Waals surface area contributed by atoms with E-state index in [-0.39, 0.29) is 87.4 Å². The first-order valence-electron chi connectivity index (χ1n) is 40.3. The third kappa shape index (κ3) is 20.8. The van der Waals surface area contributed by atoms with Crippen molar-refractivity contribution >= 4 is 88.7 Å². The number of carbonyl (C=O) groups excluding carboxylic acids is 8. The number of allylic oxidation sites excluding steroid dienone is 4. The molecule has 24 nitrogen and oxygen atoms in total. The van der Waals surface area contributed by atoms with Crippen molar-refractivity contribution in [1.29, 1.82) is 0 Å². The molecule has 8 aliphatic rings. The van der Waals surface area contributed by atoms with E-state index in [1.165, 1.54) is 9.80 Å². The second-order valence-electron chi connectivity index (χ2n) is 35.1. The van der Waals surface area contributed by atoms with Crippen LogP contribution in [-0.4, -0.2) is 167 Å². The van der Waals surface area contributed by atoms with Gasteiger partial charge in [0.25, 0.3) is 0 Å². The van der Waals surface area contributed by atoms with Crippen LogP contribution in [0, 0.1) is 58.2 Å². The second-order valence-corrected chi connectivity index (χ2v) is 39.0. The van der Waals surface area contributed by atoms with Crippen LogP contribution < -0.4 is 28.4 Å². The summed E-state index contributed by atoms with van der Waals surface area (Å²) in [5, 5.41) is 1.52. The number of ether oxygens (including phenoxy) is 6. The largest absolute Gasteiger partial charge is 0.491 e. The van der Waals surface area contributed by atoms with E-state index in [2.05, 4.69) is 19.4 Å². The number of nitrogens with zero attached hydrogens (tertiary/aromatic N) is 4. The van der Waals surface area contributed by atoms with E-state index in [9.17, 15) is 81.5 Å². The molecule has 2 saturated heterocycles. The Morgan fingerprint density at radius 2 is 0.897 bits per heavy atom. The molecule has 32 heteroatoms. The van der Waals surface area contributed by atoms with Gasteiger partial charge in [-0.2, -0.15) is 26.3 Å². The molecule has 636 valence electrons. The van der Waals surface area contributed by atoms with Crippen LogP contribution in [-0.2, 0) is 67.9 Å². The van der Waals surface area contributed by atoms with Gasteiger partial charge in [0.05, 0.1) is 83.4 Å². The Morgan fingerprint density at radius 3 is 1.23 bits per heavy atom. The summed E-state index contributed by atoms with van der Waals surface area (Å²) in [4.78, 5) is 125. The lowest BCUT2D eigenvalue weighted by atomic mass is 9.82. The standard InChI is InChI=1S/2C42H54F3N3O9S/c2*1-24(2)55-29-11-14-32-27(18-29)15-16-46-37(32)56-30-19-34-35(49)22-41(39(52)47-58(53,54)31-12-13-31)21-28(41)10-8-7-9-25(3)17-26(4)33(38(51)48(34)23-30)20-36(50)57-40(5,6)42(43,44)45/h2*8,10-11,14-16,18,24-26,28,30-31,33-34H,7,9,12-13,17,19-23H2,1-6H3,(H,47,52)/b2*10-8-/t25-,26+,28+,30+,33-,34-,41+;25-,26-,28-,30-,33+,34+,41-/m01/s1. The molecular weight excluding hydrogens is 1560 g/mol. The molecule has 2 aromatic heterocycles. The minimum atomic E-state index is -4.86. The molecule has 4 aliphatic heterocycles. The fourth-order valence-electron chi connectivity index (χ4n) is 16.6. The Morgan fingerprint density at radius 1 is 0.534 bits per heavy atom. The lowest BCUT2D eigenvalue weighted by Gasteiger charge is -2.33. The van der Waals surface area contributed by atoms with Gasteiger partial charge < -0.3 is 38.2 Å². The van der Waals surface area contributed by atoms with Crippen LogP contribution in [0.1, 0.15) is 199 Å². The molecule has 12 rings (SSSR count). The van der Waals surface area contributed by atoms with Gasteiger partial charge in [-0.1, -0.05) is 52.0 Å². The summed E-state index contributed by atoms with van der Waals surface area (Å²) in [6.07, 6.45) is 2.85. The number of amides is 4. The molecule has 4 aliphatic carbocycles. The van der Waals surface area contributed by atoms with Gasteiger partial charge in [0, 0.05) is 48.8 Å². The number of aromatic nitrogens is 2. The molecule has 0 spiro atoms. The Labute approximate surface area is 673 Å². The van der Waals surface area contributed by atoms with Gasteiger partial charge >= 0.3 is 24.3 Å². The topological polar surface area (TPSA) is 317 Å². The maximum atomic E-state index is 14.8. The molecule has 0 radical (unpaired) electrons. The van der Waals surface area contributed by atoms with Crippen molar-refractivity contribution in [3.63, 3.8) is 0 Å². The normalized spacial score (nSPS) is 29.2. The van der Waals surface area contributed by atoms with Crippen molar-refractivity contribution in [2.24, 2.45) is 58.2 Å². The molecule has 4 aromatic rings. The first kappa shape index (κ1) is 88.4. The van der Waals surface area contributed by atoms with E-state index in [1.807, 2.05) is 78.0 Å². The van der Waals surface area contributed by atoms with Crippen molar-refractivity contribution in [3.05, 3.63) is 85.2 Å². The number of nitrogens with one attached hydrogen (secondary N) is 2. The minimum Gasteiger partial charge on any atom is -0.491 e. The number of ketones is 2. The van der Waals surface area contributed by atoms with Crippen LogP contribution in [0.15, 0.2) is 85.2 Å². The lowest BCUT2D eigenvalue weighted by Crippen LogP contribution is -2.48. The summed E-state index contributed by atoms with van der Waals surface area (Å²) in [7, 11) is -7.86. The first-order chi connectivity index (χ1) is 54.2. The summed E-state index contributed by atoms with van der Waals surface area (Å²) < 4.78 is 173. The Balaban J connectivity index is 0.000000228. The van der Waals surface area contributed by atoms with Gasteiger partial charge in [-0.3, -0.25) is 47.8 Å². The SMILES string of the molecule is CC(C)Oc1ccc2c(O[C@@H]3C[C@H]4C(=O)C[C@]5(C(=O)NS(=O)(=O)C6CC6)C[C@H]5/C=C\CC[C@@H](C)C[C@@H](C)[C@H](CC(=O)OC(C)(C)C(F)(F)F)C(=O)N4C3)nccc2c1.CC(C)Oc1ccc2c(O[C@@H]3C[C@H]4C(=O)C[C@]5(C(=O)NS(=O)(=O)C6CC6)C[C@H]5/C=C\CC[C@H](C)C[C@@H](C)[C@H](CC(=O)OC(C)(C)C(F)(F)F)C(=O)N4C3)nccc2c1. The second kappa shape index (κ2) is 34.5. The van der Waals surface area contributed by atoms with E-state index in [0.29, 0.717) is 86.5 Å². The monoisotopic (exact) mass is 1670 g/mol. The summed E-state index contributed by atoms with van der Waals surface area (Å²) in [6.45, 7) is 17.9. The summed E-state index contributed by atoms with van der Waals surface area (Å²) >= 11 is 0. The summed E-state index contributed by atoms with van der Waals surface area (Å²) in [6, 6.07) is 12.1. The van der Waals surface area contributed by atoms with Crippen molar-refractivity contribution in [1.82, 2.24) is 29.2 Å². The van der Waals surface area contributed by atoms with Crippen molar-refractivity contribution in [2.45, 2.75) is 269 Å². The molecule has 4 amide bonds. The molecule has 6 heterocycles. The molecule has 6 fully saturated rings. The lowest BCUT2D eigenvalue weighted by molar-refractivity contribution is -0.257. The van der Waals surface area contributed by atoms with Crippen LogP contribution in [0.4, 0.5) is 26.3 Å². The molecule has 2 aromatic carbocycles. The van der Waals surface area contributed by atoms with Gasteiger partial charge in [-0.25, -0.2) is 26.8 Å². The number of benzene rings is 2. The fourth-order valence-corrected chi connectivity index (χ4v) is 19.3. The number of esters is 2. The quantitative estimate of drug-likeness (QED) is 0.0472. The van der Waals surface area contributed by atoms with Gasteiger partial charge in [0.1, 0.15) is 23.7 Å². The van der Waals surface area contributed by atoms with E-state index in [1.54, 1.807) is 62.6 Å². The molecule has 14 atom stereocenters. The number of hydrogen-bond donors (Lipinski definition) is 2. The molecule has 0 unspecified atom stereocenters. The molecular formula is C84H108F6N6O18S2. The number of sulfonamides is 2. The Kier molecular flexibility index (Phi) is 26.3. The van der Waals surface area contributed by atoms with Gasteiger partial charge in [0.2, 0.25) is 66.6 Å². The Hall–Kier alpha value is -8.42. The molecule has 0 bridgehead atoms. The fraction of sp³-hybridized carbons (Fsp3) is 0.643. The predicted molar refractivity (Wildman–Crippen MR) is 416 cm³/mol. The molecule has 116 heavy (non-hydrogen) atoms. The zero-order valence-electron chi connectivity index (χ0n) is 67.7. The average molecular weight is 1670 g/mol. The van der Waals surface area contributed by atoms with Gasteiger partial charge in [-0.05, 0) is 227 Å². The van der Waals surface area contributed by atoms with Gasteiger partial charge in [0.15, 0.2) is 11.6 Å². The minimum absolute atomic E-state index is 0.0151. The number of halogens is 6. The highest BCUT2D eigenvalue weighted by molar-refractivity contribution is 7.91. The Bertz CT molecular complexity index is 4390. The van der Waals surface area contributed by atoms with Crippen LogP contribution >= 0.6 is 0 Å². The highest BCUT2D eigenvalue weighted by Gasteiger charge is 2.64. The highest BCUT2D eigenvalue weighted by atomic mass is 32.2. The molecule has 4 saturated carbocycles. The van der Waals surface area contributed by atoms with Crippen LogP contribution in [0.3, 0.4) is 0 Å². The predicted octanol–water partition coefficient (Wildman–Crippen LogP) is 13.7. The number of Topliss-reactive ketones (excluding diaryl/α,β-unsaturated/α-hetero) is 2. The van der Waals surface area contributed by atoms with Crippen LogP contribution in [0.5, 0.6) is 23.3 Å². The van der Waals surface area contributed by atoms with E-state index in [4.69, 9.17) is 28.4 Å². The van der Waals surface area contributed by atoms with E-state index in [0.717, 1.165) is 38.5 Å². The molecule has 2 N–H and O–H groups in total. The number of pyridine rings is 2. The zero-order chi connectivity index (χ0) is 84.7. The van der Waals surface area contributed by atoms with E-state index < -0.39 is 185 Å². The van der Waals surface area contributed by atoms with E-state index >= 15 is 0 Å². The zero-order valence-corrected chi connectivity index (χ0v) is 69.3. The van der Waals surface area contributed by atoms with Crippen LogP contribution in [0.2, 0.25) is 0 Å². The van der Waals surface area contributed by atoms with Crippen LogP contribution in [0.25, 0.3) is 21.5 Å². The van der Waals surface area contributed by atoms with Crippen molar-refractivity contribution in [2.75, 3.05) is 13.1 Å². The maximum absolute atomic E-state index is 14.8. The number of rotatable bonds is 20.